The first-order valence-corrected chi connectivity index (χ1v) is 11.6. The van der Waals surface area contributed by atoms with Crippen molar-refractivity contribution in [1.82, 2.24) is 0 Å². The summed E-state index contributed by atoms with van der Waals surface area (Å²) < 4.78 is 21.7. The zero-order valence-electron chi connectivity index (χ0n) is 19.5. The lowest BCUT2D eigenvalue weighted by molar-refractivity contribution is -0.132. The van der Waals surface area contributed by atoms with Gasteiger partial charge in [-0.1, -0.05) is 23.7 Å². The lowest BCUT2D eigenvalue weighted by Gasteiger charge is -2.25. The van der Waals surface area contributed by atoms with Crippen LogP contribution in [0.15, 0.2) is 66.2 Å². The monoisotopic (exact) mass is 507 g/mol. The minimum absolute atomic E-state index is 0.0637. The van der Waals surface area contributed by atoms with E-state index in [2.05, 4.69) is 0 Å². The Kier molecular flexibility index (Phi) is 6.20. The van der Waals surface area contributed by atoms with Crippen LogP contribution in [-0.4, -0.2) is 37.3 Å². The highest BCUT2D eigenvalue weighted by Gasteiger charge is 2.47. The van der Waals surface area contributed by atoms with Gasteiger partial charge in [0.15, 0.2) is 11.5 Å². The second kappa shape index (κ2) is 9.47. The van der Waals surface area contributed by atoms with Gasteiger partial charge in [-0.3, -0.25) is 14.5 Å². The van der Waals surface area contributed by atoms with E-state index < -0.39 is 17.7 Å². The topological polar surface area (TPSA) is 94.5 Å². The summed E-state index contributed by atoms with van der Waals surface area (Å²) >= 11 is 6.14. The van der Waals surface area contributed by atoms with E-state index in [1.807, 2.05) is 6.92 Å². The Balaban J connectivity index is 1.68. The second-order valence-electron chi connectivity index (χ2n) is 8.06. The lowest BCUT2D eigenvalue weighted by atomic mass is 9.95. The zero-order chi connectivity index (χ0) is 25.4. The number of halogens is 1. The number of carbonyl (C=O) groups excluding carboxylic acids is 2. The number of amides is 1. The number of methoxy groups -OCH3 is 1. The third-order valence-electron chi connectivity index (χ3n) is 6.01. The van der Waals surface area contributed by atoms with Crippen LogP contribution >= 0.6 is 11.6 Å². The second-order valence-corrected chi connectivity index (χ2v) is 8.47. The molecule has 1 unspecified atom stereocenters. The van der Waals surface area contributed by atoms with Crippen molar-refractivity contribution in [3.8, 4) is 23.0 Å². The van der Waals surface area contributed by atoms with Gasteiger partial charge < -0.3 is 24.1 Å². The van der Waals surface area contributed by atoms with Gasteiger partial charge in [0.05, 0.1) is 30.4 Å². The smallest absolute Gasteiger partial charge is 0.300 e. The number of benzene rings is 3. The average molecular weight is 508 g/mol. The number of anilines is 1. The van der Waals surface area contributed by atoms with Crippen molar-refractivity contribution in [1.29, 1.82) is 0 Å². The molecule has 3 aromatic rings. The van der Waals surface area contributed by atoms with Crippen LogP contribution in [0.1, 0.15) is 24.1 Å². The molecule has 0 spiro atoms. The summed E-state index contributed by atoms with van der Waals surface area (Å²) in [6, 6.07) is 15.7. The molecule has 0 aromatic heterocycles. The summed E-state index contributed by atoms with van der Waals surface area (Å²) in [5.41, 5.74) is 1.26. The zero-order valence-corrected chi connectivity index (χ0v) is 20.2. The minimum atomic E-state index is -0.914. The maximum Gasteiger partial charge on any atom is 0.300 e. The van der Waals surface area contributed by atoms with Gasteiger partial charge in [-0.15, -0.1) is 0 Å². The molecule has 1 atom stereocenters. The summed E-state index contributed by atoms with van der Waals surface area (Å²) in [6.45, 7) is 2.44. The van der Waals surface area contributed by atoms with Crippen molar-refractivity contribution in [2.45, 2.75) is 13.0 Å². The molecule has 184 valence electrons. The average Bonchev–Trinajstić information content (AvgIpc) is 3.46. The number of ether oxygens (including phenoxy) is 4. The Hall–Kier alpha value is -4.17. The first-order valence-electron chi connectivity index (χ1n) is 11.2. The van der Waals surface area contributed by atoms with Crippen LogP contribution in [-0.2, 0) is 9.59 Å². The predicted molar refractivity (Wildman–Crippen MR) is 133 cm³/mol. The summed E-state index contributed by atoms with van der Waals surface area (Å²) in [6.07, 6.45) is 0. The van der Waals surface area contributed by atoms with E-state index in [4.69, 9.17) is 30.5 Å². The fraction of sp³-hybridized carbons (Fsp3) is 0.185. The Morgan fingerprint density at radius 1 is 1.06 bits per heavy atom. The van der Waals surface area contributed by atoms with Crippen LogP contribution in [0.4, 0.5) is 5.69 Å². The number of carbonyl (C=O) groups is 2. The van der Waals surface area contributed by atoms with E-state index in [-0.39, 0.29) is 23.7 Å². The fourth-order valence-electron chi connectivity index (χ4n) is 4.32. The maximum atomic E-state index is 13.4. The van der Waals surface area contributed by atoms with Gasteiger partial charge in [-0.05, 0) is 55.0 Å². The largest absolute Gasteiger partial charge is 0.507 e. The van der Waals surface area contributed by atoms with Crippen molar-refractivity contribution >= 4 is 34.7 Å². The normalized spacial score (nSPS) is 18.0. The first-order chi connectivity index (χ1) is 17.4. The molecule has 1 saturated heterocycles. The Morgan fingerprint density at radius 2 is 1.81 bits per heavy atom. The first kappa shape index (κ1) is 23.6. The molecule has 1 N–H and O–H groups in total. The van der Waals surface area contributed by atoms with E-state index in [9.17, 15) is 14.7 Å². The molecular weight excluding hydrogens is 486 g/mol. The minimum Gasteiger partial charge on any atom is -0.507 e. The Bertz CT molecular complexity index is 1380. The van der Waals surface area contributed by atoms with Crippen LogP contribution in [0.3, 0.4) is 0 Å². The molecule has 5 rings (SSSR count). The SMILES string of the molecule is CCOc1ccc(C2/C(=C(\O)c3ccc(Cl)c(OC)c3)C(=O)C(=O)N2c2ccc3c(c2)OCO3)cc1. The number of ketones is 1. The molecule has 2 aliphatic rings. The summed E-state index contributed by atoms with van der Waals surface area (Å²) in [7, 11) is 1.45. The summed E-state index contributed by atoms with van der Waals surface area (Å²) in [5, 5.41) is 11.7. The molecular formula is C27H22ClNO7. The number of aliphatic hydroxyl groups excluding tert-OH is 1. The Morgan fingerprint density at radius 3 is 2.53 bits per heavy atom. The number of hydrogen-bond acceptors (Lipinski definition) is 7. The predicted octanol–water partition coefficient (Wildman–Crippen LogP) is 5.10. The molecule has 2 aliphatic heterocycles. The van der Waals surface area contributed by atoms with Crippen molar-refractivity contribution in [2.24, 2.45) is 0 Å². The van der Waals surface area contributed by atoms with Crippen molar-refractivity contribution in [3.63, 3.8) is 0 Å². The number of rotatable bonds is 6. The highest BCUT2D eigenvalue weighted by atomic mass is 35.5. The number of nitrogens with zero attached hydrogens (tertiary/aromatic N) is 1. The summed E-state index contributed by atoms with van der Waals surface area (Å²) in [4.78, 5) is 28.1. The molecule has 0 saturated carbocycles. The van der Waals surface area contributed by atoms with E-state index in [1.165, 1.54) is 18.1 Å². The molecule has 3 aromatic carbocycles. The van der Waals surface area contributed by atoms with Gasteiger partial charge in [0.2, 0.25) is 6.79 Å². The van der Waals surface area contributed by atoms with Crippen LogP contribution < -0.4 is 23.8 Å². The van der Waals surface area contributed by atoms with Gasteiger partial charge >= 0.3 is 0 Å². The summed E-state index contributed by atoms with van der Waals surface area (Å²) in [5.74, 6) is 0.0224. The maximum absolute atomic E-state index is 13.4. The highest BCUT2D eigenvalue weighted by molar-refractivity contribution is 6.51. The quantitative estimate of drug-likeness (QED) is 0.282. The number of hydrogen-bond donors (Lipinski definition) is 1. The van der Waals surface area contributed by atoms with Crippen LogP contribution in [0.25, 0.3) is 5.76 Å². The lowest BCUT2D eigenvalue weighted by Crippen LogP contribution is -2.29. The molecule has 1 amide bonds. The van der Waals surface area contributed by atoms with Crippen LogP contribution in [0.2, 0.25) is 5.02 Å². The molecule has 1 fully saturated rings. The van der Waals surface area contributed by atoms with Gasteiger partial charge in [-0.25, -0.2) is 0 Å². The van der Waals surface area contributed by atoms with Crippen LogP contribution in [0, 0.1) is 0 Å². The highest BCUT2D eigenvalue weighted by Crippen LogP contribution is 2.45. The molecule has 8 nitrogen and oxygen atoms in total. The van der Waals surface area contributed by atoms with Crippen LogP contribution in [0.5, 0.6) is 23.0 Å². The van der Waals surface area contributed by atoms with Crippen molar-refractivity contribution < 1.29 is 33.6 Å². The van der Waals surface area contributed by atoms with E-state index in [0.29, 0.717) is 45.9 Å². The van der Waals surface area contributed by atoms with Crippen molar-refractivity contribution in [2.75, 3.05) is 25.4 Å². The molecule has 0 aliphatic carbocycles. The number of aliphatic hydroxyl groups is 1. The third-order valence-corrected chi connectivity index (χ3v) is 6.32. The number of Topliss-reactive ketones (excluding diaryl/α,β-unsaturated/α-hetero) is 1. The van der Waals surface area contributed by atoms with Gasteiger partial charge in [0, 0.05) is 17.3 Å². The van der Waals surface area contributed by atoms with Crippen molar-refractivity contribution in [3.05, 3.63) is 82.4 Å². The van der Waals surface area contributed by atoms with E-state index in [1.54, 1.807) is 54.6 Å². The van der Waals surface area contributed by atoms with Gasteiger partial charge in [0.25, 0.3) is 11.7 Å². The molecule has 0 radical (unpaired) electrons. The van der Waals surface area contributed by atoms with E-state index in [0.717, 1.165) is 0 Å². The molecule has 2 heterocycles. The molecule has 9 heteroatoms. The standard InChI is InChI=1S/C27H22ClNO7/c1-3-34-18-8-4-15(5-9-18)24-23(25(30)16-6-10-19(28)21(12-16)33-2)26(31)27(32)29(24)17-7-11-20-22(13-17)36-14-35-20/h4-13,24,30H,3,14H2,1-2H3/b25-23+. The van der Waals surface area contributed by atoms with E-state index >= 15 is 0 Å². The van der Waals surface area contributed by atoms with Gasteiger partial charge in [-0.2, -0.15) is 0 Å². The Labute approximate surface area is 212 Å². The third kappa shape index (κ3) is 3.99. The van der Waals surface area contributed by atoms with Gasteiger partial charge in [0.1, 0.15) is 17.3 Å². The number of fused-ring (bicyclic) bond motifs is 1. The molecule has 36 heavy (non-hydrogen) atoms. The fourth-order valence-corrected chi connectivity index (χ4v) is 4.52. The molecule has 0 bridgehead atoms.